The third-order valence-electron chi connectivity index (χ3n) is 1.37. The van der Waals surface area contributed by atoms with Crippen LogP contribution >= 0.6 is 11.6 Å². The van der Waals surface area contributed by atoms with E-state index in [1.165, 1.54) is 0 Å². The van der Waals surface area contributed by atoms with Crippen molar-refractivity contribution >= 4 is 17.4 Å². The molecular formula is C7H10ClN3. The summed E-state index contributed by atoms with van der Waals surface area (Å²) in [4.78, 5) is 1.96. The van der Waals surface area contributed by atoms with E-state index in [1.54, 1.807) is 6.20 Å². The zero-order valence-corrected chi connectivity index (χ0v) is 7.12. The first-order chi connectivity index (χ1) is 5.34. The Bertz CT molecular complexity index is 202. The topological polar surface area (TPSA) is 29.0 Å². The van der Waals surface area contributed by atoms with Crippen LogP contribution in [0, 0.1) is 0 Å². The van der Waals surface area contributed by atoms with Crippen molar-refractivity contribution in [3.8, 4) is 0 Å². The molecule has 1 heterocycles. The highest BCUT2D eigenvalue weighted by atomic mass is 35.5. The molecule has 0 spiro atoms. The van der Waals surface area contributed by atoms with E-state index < -0.39 is 0 Å². The van der Waals surface area contributed by atoms with Gasteiger partial charge < -0.3 is 4.90 Å². The predicted molar refractivity (Wildman–Crippen MR) is 46.0 cm³/mol. The molecule has 0 unspecified atom stereocenters. The normalized spacial score (nSPS) is 9.64. The van der Waals surface area contributed by atoms with E-state index in [-0.39, 0.29) is 0 Å². The zero-order chi connectivity index (χ0) is 8.10. The molecule has 1 aromatic heterocycles. The minimum absolute atomic E-state index is 0.604. The van der Waals surface area contributed by atoms with Gasteiger partial charge in [-0.15, -0.1) is 16.7 Å². The van der Waals surface area contributed by atoms with Crippen molar-refractivity contribution in [1.29, 1.82) is 0 Å². The van der Waals surface area contributed by atoms with Crippen LogP contribution < -0.4 is 4.90 Å². The largest absolute Gasteiger partial charge is 0.357 e. The summed E-state index contributed by atoms with van der Waals surface area (Å²) in [5.74, 6) is 1.46. The van der Waals surface area contributed by atoms with Gasteiger partial charge in [0.1, 0.15) is 0 Å². The van der Waals surface area contributed by atoms with Crippen LogP contribution in [0.15, 0.2) is 18.3 Å². The fraction of sp³-hybridized carbons (Fsp3) is 0.429. The molecule has 0 aromatic carbocycles. The van der Waals surface area contributed by atoms with E-state index in [0.29, 0.717) is 5.88 Å². The molecule has 4 heteroatoms. The molecule has 60 valence electrons. The summed E-state index contributed by atoms with van der Waals surface area (Å²) >= 11 is 5.56. The molecule has 0 fully saturated rings. The molecule has 0 amide bonds. The lowest BCUT2D eigenvalue weighted by molar-refractivity contribution is 0.899. The zero-order valence-electron chi connectivity index (χ0n) is 6.37. The van der Waals surface area contributed by atoms with Crippen molar-refractivity contribution in [3.05, 3.63) is 18.3 Å². The van der Waals surface area contributed by atoms with Crippen molar-refractivity contribution in [2.45, 2.75) is 0 Å². The van der Waals surface area contributed by atoms with Gasteiger partial charge in [-0.3, -0.25) is 0 Å². The number of hydrogen-bond donors (Lipinski definition) is 0. The summed E-state index contributed by atoms with van der Waals surface area (Å²) in [6.07, 6.45) is 1.65. The highest BCUT2D eigenvalue weighted by Gasteiger charge is 1.98. The number of aromatic nitrogens is 2. The lowest BCUT2D eigenvalue weighted by Gasteiger charge is -2.14. The molecule has 0 aliphatic carbocycles. The molecule has 1 rings (SSSR count). The SMILES string of the molecule is CN(CCCl)c1cccnn1. The molecule has 0 aliphatic heterocycles. The molecule has 0 bridgehead atoms. The predicted octanol–water partition coefficient (Wildman–Crippen LogP) is 1.15. The van der Waals surface area contributed by atoms with Crippen molar-refractivity contribution in [2.75, 3.05) is 24.4 Å². The maximum Gasteiger partial charge on any atom is 0.151 e. The summed E-state index contributed by atoms with van der Waals surface area (Å²) in [6.45, 7) is 0.792. The molecule has 3 nitrogen and oxygen atoms in total. The summed E-state index contributed by atoms with van der Waals surface area (Å²) in [6, 6.07) is 3.76. The Morgan fingerprint density at radius 1 is 1.64 bits per heavy atom. The minimum Gasteiger partial charge on any atom is -0.357 e. The molecule has 0 saturated heterocycles. The van der Waals surface area contributed by atoms with Crippen LogP contribution in [0.2, 0.25) is 0 Å². The standard InChI is InChI=1S/C7H10ClN3/c1-11(6-4-8)7-3-2-5-9-10-7/h2-3,5H,4,6H2,1H3. The van der Waals surface area contributed by atoms with Crippen LogP contribution in [0.5, 0.6) is 0 Å². The molecule has 0 radical (unpaired) electrons. The molecular weight excluding hydrogens is 162 g/mol. The van der Waals surface area contributed by atoms with Crippen molar-refractivity contribution in [2.24, 2.45) is 0 Å². The Morgan fingerprint density at radius 3 is 3.00 bits per heavy atom. The van der Waals surface area contributed by atoms with Crippen molar-refractivity contribution < 1.29 is 0 Å². The van der Waals surface area contributed by atoms with Gasteiger partial charge in [-0.1, -0.05) is 0 Å². The van der Waals surface area contributed by atoms with E-state index in [9.17, 15) is 0 Å². The average Bonchev–Trinajstić information content (AvgIpc) is 2.07. The Morgan fingerprint density at radius 2 is 2.45 bits per heavy atom. The summed E-state index contributed by atoms with van der Waals surface area (Å²) in [7, 11) is 1.94. The van der Waals surface area contributed by atoms with Crippen molar-refractivity contribution in [1.82, 2.24) is 10.2 Å². The lowest BCUT2D eigenvalue weighted by atomic mass is 10.5. The number of hydrogen-bond acceptors (Lipinski definition) is 3. The number of nitrogens with zero attached hydrogens (tertiary/aromatic N) is 3. The quantitative estimate of drug-likeness (QED) is 0.639. The van der Waals surface area contributed by atoms with E-state index in [2.05, 4.69) is 10.2 Å². The van der Waals surface area contributed by atoms with Crippen LogP contribution in [0.1, 0.15) is 0 Å². The Kier molecular flexibility index (Phi) is 3.11. The average molecular weight is 172 g/mol. The third kappa shape index (κ3) is 2.35. The smallest absolute Gasteiger partial charge is 0.151 e. The van der Waals surface area contributed by atoms with E-state index >= 15 is 0 Å². The van der Waals surface area contributed by atoms with Gasteiger partial charge in [-0.2, -0.15) is 5.10 Å². The van der Waals surface area contributed by atoms with Gasteiger partial charge in [0.25, 0.3) is 0 Å². The third-order valence-corrected chi connectivity index (χ3v) is 1.54. The Balaban J connectivity index is 2.61. The van der Waals surface area contributed by atoms with Gasteiger partial charge in [-0.05, 0) is 12.1 Å². The lowest BCUT2D eigenvalue weighted by Crippen LogP contribution is -2.20. The monoisotopic (exact) mass is 171 g/mol. The second-order valence-corrected chi connectivity index (χ2v) is 2.57. The summed E-state index contributed by atoms with van der Waals surface area (Å²) in [5, 5.41) is 7.67. The Hall–Kier alpha value is -0.830. The minimum atomic E-state index is 0.604. The first kappa shape index (κ1) is 8.27. The first-order valence-electron chi connectivity index (χ1n) is 3.39. The van der Waals surface area contributed by atoms with E-state index in [1.807, 2.05) is 24.1 Å². The van der Waals surface area contributed by atoms with Crippen LogP contribution in [0.25, 0.3) is 0 Å². The van der Waals surface area contributed by atoms with Gasteiger partial charge in [0.05, 0.1) is 0 Å². The Labute approximate surface area is 71.0 Å². The maximum atomic E-state index is 5.56. The maximum absolute atomic E-state index is 5.56. The van der Waals surface area contributed by atoms with Crippen LogP contribution in [-0.2, 0) is 0 Å². The highest BCUT2D eigenvalue weighted by molar-refractivity contribution is 6.18. The number of alkyl halides is 1. The van der Waals surface area contributed by atoms with Crippen molar-refractivity contribution in [3.63, 3.8) is 0 Å². The molecule has 0 saturated carbocycles. The van der Waals surface area contributed by atoms with Crippen LogP contribution in [0.3, 0.4) is 0 Å². The van der Waals surface area contributed by atoms with E-state index in [0.717, 1.165) is 12.4 Å². The van der Waals surface area contributed by atoms with Crippen LogP contribution in [-0.4, -0.2) is 29.7 Å². The van der Waals surface area contributed by atoms with Gasteiger partial charge in [-0.25, -0.2) is 0 Å². The molecule has 11 heavy (non-hydrogen) atoms. The molecule has 0 aliphatic rings. The summed E-state index contributed by atoms with van der Waals surface area (Å²) < 4.78 is 0. The second-order valence-electron chi connectivity index (χ2n) is 2.19. The van der Waals surface area contributed by atoms with Gasteiger partial charge in [0.15, 0.2) is 5.82 Å². The van der Waals surface area contributed by atoms with Gasteiger partial charge in [0.2, 0.25) is 0 Å². The van der Waals surface area contributed by atoms with Gasteiger partial charge >= 0.3 is 0 Å². The number of halogens is 1. The molecule has 0 N–H and O–H groups in total. The first-order valence-corrected chi connectivity index (χ1v) is 3.93. The van der Waals surface area contributed by atoms with E-state index in [4.69, 9.17) is 11.6 Å². The summed E-state index contributed by atoms with van der Waals surface area (Å²) in [5.41, 5.74) is 0. The number of rotatable bonds is 3. The second kappa shape index (κ2) is 4.13. The number of anilines is 1. The highest BCUT2D eigenvalue weighted by Crippen LogP contribution is 2.03. The molecule has 1 aromatic rings. The fourth-order valence-corrected chi connectivity index (χ4v) is 0.992. The van der Waals surface area contributed by atoms with Gasteiger partial charge in [0, 0.05) is 25.7 Å². The van der Waals surface area contributed by atoms with Crippen LogP contribution in [0.4, 0.5) is 5.82 Å². The molecule has 0 atom stereocenters. The fourth-order valence-electron chi connectivity index (χ4n) is 0.738.